The van der Waals surface area contributed by atoms with E-state index in [1.807, 2.05) is 35.2 Å². The number of carbonyl (C=O) groups is 2. The van der Waals surface area contributed by atoms with Gasteiger partial charge in [0.05, 0.1) is 7.11 Å². The number of nitrogens with one attached hydrogen (secondary N) is 2. The fourth-order valence-electron chi connectivity index (χ4n) is 3.19. The standard InChI is InChI=1S/C21H25N3O3/c1-3-4-12-24-19-10-9-17(13-15(19)8-11-20(24)25)23-21(26)22-16-6-5-7-18(14-16)27-2/h5-7,9-10,13-14H,3-4,8,11-12H2,1-2H3,(H2,22,23,26). The van der Waals surface area contributed by atoms with Crippen LogP contribution in [0.4, 0.5) is 21.9 Å². The molecule has 0 atom stereocenters. The second-order valence-electron chi connectivity index (χ2n) is 6.55. The first-order valence-electron chi connectivity index (χ1n) is 9.26. The van der Waals surface area contributed by atoms with Crippen molar-refractivity contribution < 1.29 is 14.3 Å². The number of amides is 3. The van der Waals surface area contributed by atoms with E-state index in [-0.39, 0.29) is 11.9 Å². The lowest BCUT2D eigenvalue weighted by molar-refractivity contribution is -0.118. The van der Waals surface area contributed by atoms with Crippen molar-refractivity contribution in [2.24, 2.45) is 0 Å². The molecule has 27 heavy (non-hydrogen) atoms. The van der Waals surface area contributed by atoms with Gasteiger partial charge in [0.1, 0.15) is 5.75 Å². The van der Waals surface area contributed by atoms with Gasteiger partial charge in [-0.25, -0.2) is 4.79 Å². The summed E-state index contributed by atoms with van der Waals surface area (Å²) in [6.07, 6.45) is 3.23. The maximum atomic E-state index is 12.3. The number of hydrogen-bond donors (Lipinski definition) is 2. The minimum absolute atomic E-state index is 0.174. The lowest BCUT2D eigenvalue weighted by Gasteiger charge is -2.29. The van der Waals surface area contributed by atoms with E-state index < -0.39 is 0 Å². The summed E-state index contributed by atoms with van der Waals surface area (Å²) in [6, 6.07) is 12.6. The van der Waals surface area contributed by atoms with Gasteiger partial charge < -0.3 is 20.3 Å². The minimum atomic E-state index is -0.321. The highest BCUT2D eigenvalue weighted by molar-refractivity contribution is 6.01. The Hall–Kier alpha value is -3.02. The molecule has 0 saturated heterocycles. The Labute approximate surface area is 159 Å². The smallest absolute Gasteiger partial charge is 0.323 e. The molecular weight excluding hydrogens is 342 g/mol. The van der Waals surface area contributed by atoms with Crippen LogP contribution in [0.5, 0.6) is 5.75 Å². The van der Waals surface area contributed by atoms with Crippen LogP contribution in [0.15, 0.2) is 42.5 Å². The van der Waals surface area contributed by atoms with Gasteiger partial charge in [0.15, 0.2) is 0 Å². The Morgan fingerprint density at radius 2 is 1.89 bits per heavy atom. The lowest BCUT2D eigenvalue weighted by Crippen LogP contribution is -2.35. The van der Waals surface area contributed by atoms with Crippen LogP contribution >= 0.6 is 0 Å². The number of urea groups is 1. The largest absolute Gasteiger partial charge is 0.497 e. The summed E-state index contributed by atoms with van der Waals surface area (Å²) in [6.45, 7) is 2.86. The Balaban J connectivity index is 1.69. The number of aryl methyl sites for hydroxylation is 1. The quantitative estimate of drug-likeness (QED) is 0.794. The molecule has 1 aliphatic rings. The number of hydrogen-bond acceptors (Lipinski definition) is 3. The highest BCUT2D eigenvalue weighted by Gasteiger charge is 2.23. The van der Waals surface area contributed by atoms with Crippen molar-refractivity contribution in [2.75, 3.05) is 29.2 Å². The van der Waals surface area contributed by atoms with Crippen LogP contribution in [0.2, 0.25) is 0 Å². The van der Waals surface area contributed by atoms with E-state index >= 15 is 0 Å². The molecule has 0 saturated carbocycles. The zero-order chi connectivity index (χ0) is 19.2. The predicted octanol–water partition coefficient (Wildman–Crippen LogP) is 4.42. The van der Waals surface area contributed by atoms with Crippen molar-refractivity contribution in [3.8, 4) is 5.75 Å². The van der Waals surface area contributed by atoms with Crippen LogP contribution in [0.25, 0.3) is 0 Å². The Morgan fingerprint density at radius 1 is 1.11 bits per heavy atom. The normalized spacial score (nSPS) is 13.1. The van der Waals surface area contributed by atoms with E-state index in [1.54, 1.807) is 19.2 Å². The van der Waals surface area contributed by atoms with Gasteiger partial charge in [0, 0.05) is 36.1 Å². The Kier molecular flexibility index (Phi) is 5.96. The van der Waals surface area contributed by atoms with Gasteiger partial charge in [0.25, 0.3) is 0 Å². The number of unbranched alkanes of at least 4 members (excludes halogenated alkanes) is 1. The Bertz CT molecular complexity index is 835. The van der Waals surface area contributed by atoms with E-state index in [2.05, 4.69) is 17.6 Å². The maximum absolute atomic E-state index is 12.3. The fourth-order valence-corrected chi connectivity index (χ4v) is 3.19. The zero-order valence-electron chi connectivity index (χ0n) is 15.7. The lowest BCUT2D eigenvalue weighted by atomic mass is 10.00. The number of nitrogens with zero attached hydrogens (tertiary/aromatic N) is 1. The number of carbonyl (C=O) groups excluding carboxylic acids is 2. The van der Waals surface area contributed by atoms with Gasteiger partial charge in [-0.15, -0.1) is 0 Å². The molecule has 0 bridgehead atoms. The highest BCUT2D eigenvalue weighted by atomic mass is 16.5. The second-order valence-corrected chi connectivity index (χ2v) is 6.55. The van der Waals surface area contributed by atoms with Crippen LogP contribution in [0, 0.1) is 0 Å². The van der Waals surface area contributed by atoms with Crippen LogP contribution in [-0.4, -0.2) is 25.6 Å². The van der Waals surface area contributed by atoms with Crippen LogP contribution in [0.1, 0.15) is 31.7 Å². The maximum Gasteiger partial charge on any atom is 0.323 e. The summed E-state index contributed by atoms with van der Waals surface area (Å²) >= 11 is 0. The minimum Gasteiger partial charge on any atom is -0.497 e. The Morgan fingerprint density at radius 3 is 2.63 bits per heavy atom. The SMILES string of the molecule is CCCCN1C(=O)CCc2cc(NC(=O)Nc3cccc(OC)c3)ccc21. The summed E-state index contributed by atoms with van der Waals surface area (Å²) in [7, 11) is 1.58. The molecule has 0 spiro atoms. The molecule has 3 amide bonds. The summed E-state index contributed by atoms with van der Waals surface area (Å²) in [5, 5.41) is 5.65. The third-order valence-electron chi connectivity index (χ3n) is 4.60. The van der Waals surface area contributed by atoms with Crippen molar-refractivity contribution in [1.29, 1.82) is 0 Å². The molecule has 6 heteroatoms. The van der Waals surface area contributed by atoms with Gasteiger partial charge in [-0.1, -0.05) is 19.4 Å². The van der Waals surface area contributed by atoms with Gasteiger partial charge in [-0.3, -0.25) is 4.79 Å². The van der Waals surface area contributed by atoms with Crippen molar-refractivity contribution >= 4 is 29.0 Å². The average molecular weight is 367 g/mol. The summed E-state index contributed by atoms with van der Waals surface area (Å²) < 4.78 is 5.16. The number of methoxy groups -OCH3 is 1. The van der Waals surface area contributed by atoms with E-state index in [0.29, 0.717) is 30.0 Å². The molecule has 2 N–H and O–H groups in total. The zero-order valence-corrected chi connectivity index (χ0v) is 15.7. The van der Waals surface area contributed by atoms with Gasteiger partial charge in [-0.05, 0) is 48.7 Å². The molecule has 1 heterocycles. The van der Waals surface area contributed by atoms with Crippen LogP contribution in [0.3, 0.4) is 0 Å². The first-order valence-corrected chi connectivity index (χ1v) is 9.26. The van der Waals surface area contributed by atoms with E-state index in [4.69, 9.17) is 4.74 Å². The van der Waals surface area contributed by atoms with Gasteiger partial charge in [-0.2, -0.15) is 0 Å². The monoisotopic (exact) mass is 367 g/mol. The predicted molar refractivity (Wildman–Crippen MR) is 108 cm³/mol. The summed E-state index contributed by atoms with van der Waals surface area (Å²) in [5.74, 6) is 0.853. The summed E-state index contributed by atoms with van der Waals surface area (Å²) in [4.78, 5) is 26.4. The van der Waals surface area contributed by atoms with Crippen LogP contribution in [-0.2, 0) is 11.2 Å². The van der Waals surface area contributed by atoms with Gasteiger partial charge >= 0.3 is 6.03 Å². The number of benzene rings is 2. The molecule has 2 aromatic rings. The fraction of sp³-hybridized carbons (Fsp3) is 0.333. The van der Waals surface area contributed by atoms with Crippen LogP contribution < -0.4 is 20.3 Å². The van der Waals surface area contributed by atoms with E-state index in [9.17, 15) is 9.59 Å². The second kappa shape index (κ2) is 8.58. The first kappa shape index (κ1) is 18.8. The van der Waals surface area contributed by atoms with E-state index in [1.165, 1.54) is 0 Å². The first-order chi connectivity index (χ1) is 13.1. The molecule has 0 fully saturated rings. The third-order valence-corrected chi connectivity index (χ3v) is 4.60. The molecule has 6 nitrogen and oxygen atoms in total. The van der Waals surface area contributed by atoms with Crippen molar-refractivity contribution in [3.05, 3.63) is 48.0 Å². The third kappa shape index (κ3) is 4.58. The molecule has 142 valence electrons. The summed E-state index contributed by atoms with van der Waals surface area (Å²) in [5.41, 5.74) is 3.41. The molecule has 1 aliphatic heterocycles. The highest BCUT2D eigenvalue weighted by Crippen LogP contribution is 2.30. The number of fused-ring (bicyclic) bond motifs is 1. The van der Waals surface area contributed by atoms with Gasteiger partial charge in [0.2, 0.25) is 5.91 Å². The molecular formula is C21H25N3O3. The van der Waals surface area contributed by atoms with E-state index in [0.717, 1.165) is 30.6 Å². The van der Waals surface area contributed by atoms with Crippen molar-refractivity contribution in [2.45, 2.75) is 32.6 Å². The molecule has 0 aromatic heterocycles. The average Bonchev–Trinajstić information content (AvgIpc) is 2.67. The molecule has 0 radical (unpaired) electrons. The molecule has 2 aromatic carbocycles. The number of ether oxygens (including phenoxy) is 1. The van der Waals surface area contributed by atoms with Crippen molar-refractivity contribution in [1.82, 2.24) is 0 Å². The number of anilines is 3. The topological polar surface area (TPSA) is 70.7 Å². The molecule has 0 aliphatic carbocycles. The van der Waals surface area contributed by atoms with Crippen molar-refractivity contribution in [3.63, 3.8) is 0 Å². The molecule has 0 unspecified atom stereocenters. The number of rotatable bonds is 6. The molecule has 3 rings (SSSR count).